The van der Waals surface area contributed by atoms with Crippen molar-refractivity contribution in [2.24, 2.45) is 0 Å². The molecule has 3 amide bonds. The van der Waals surface area contributed by atoms with Gasteiger partial charge >= 0.3 is 6.09 Å². The summed E-state index contributed by atoms with van der Waals surface area (Å²) in [5.74, 6) is -0.220. The van der Waals surface area contributed by atoms with Gasteiger partial charge in [-0.15, -0.1) is 0 Å². The zero-order chi connectivity index (χ0) is 21.7. The lowest BCUT2D eigenvalue weighted by atomic mass is 10.1. The molecule has 0 aliphatic carbocycles. The summed E-state index contributed by atoms with van der Waals surface area (Å²) >= 11 is 0. The number of aryl methyl sites for hydroxylation is 1. The van der Waals surface area contributed by atoms with Crippen LogP contribution in [0.15, 0.2) is 48.5 Å². The highest BCUT2D eigenvalue weighted by atomic mass is 16.5. The molecule has 1 heterocycles. The number of hydrogen-bond donors (Lipinski definition) is 3. The number of amides is 3. The minimum absolute atomic E-state index is 0.340. The van der Waals surface area contributed by atoms with E-state index >= 15 is 0 Å². The summed E-state index contributed by atoms with van der Waals surface area (Å²) in [5.41, 5.74) is 2.64. The van der Waals surface area contributed by atoms with E-state index in [1.165, 1.54) is 14.0 Å². The highest BCUT2D eigenvalue weighted by Crippen LogP contribution is 2.27. The first-order chi connectivity index (χ1) is 14.3. The Labute approximate surface area is 174 Å². The fourth-order valence-electron chi connectivity index (χ4n) is 3.14. The highest BCUT2D eigenvalue weighted by molar-refractivity contribution is 5.99. The lowest BCUT2D eigenvalue weighted by Gasteiger charge is -2.23. The van der Waals surface area contributed by atoms with Gasteiger partial charge in [0.05, 0.1) is 0 Å². The lowest BCUT2D eigenvalue weighted by molar-refractivity contribution is -0.129. The van der Waals surface area contributed by atoms with Gasteiger partial charge in [0.2, 0.25) is 11.8 Å². The molecule has 1 aliphatic heterocycles. The van der Waals surface area contributed by atoms with Crippen LogP contribution in [0, 0.1) is 0 Å². The van der Waals surface area contributed by atoms with Crippen LogP contribution in [0.25, 0.3) is 0 Å². The maximum atomic E-state index is 12.6. The molecule has 0 aromatic heterocycles. The third kappa shape index (κ3) is 5.08. The monoisotopic (exact) mass is 411 g/mol. The third-order valence-corrected chi connectivity index (χ3v) is 5.18. The Balaban J connectivity index is 1.64. The number of hydrogen-bond acceptors (Lipinski definition) is 4. The Morgan fingerprint density at radius 2 is 2.00 bits per heavy atom. The summed E-state index contributed by atoms with van der Waals surface area (Å²) in [6.07, 6.45) is -0.210. The van der Waals surface area contributed by atoms with Crippen LogP contribution in [0.4, 0.5) is 10.5 Å². The highest BCUT2D eigenvalue weighted by Gasteiger charge is 2.29. The molecule has 158 valence electrons. The van der Waals surface area contributed by atoms with Gasteiger partial charge in [-0.25, -0.2) is 4.79 Å². The number of nitrogens with one attached hydrogen (secondary N) is 2. The molecule has 2 atom stereocenters. The SMILES string of the molecule is C[C@@H](C(=O)N[C@H]1CCc2ccc(OCc3ccccc3)cc2NC1=O)N(C)C(=O)O. The second-order valence-corrected chi connectivity index (χ2v) is 7.25. The molecular formula is C22H25N3O5. The Kier molecular flexibility index (Phi) is 6.56. The number of anilines is 1. The van der Waals surface area contributed by atoms with Crippen LogP contribution in [0.3, 0.4) is 0 Å². The number of nitrogens with zero attached hydrogens (tertiary/aromatic N) is 1. The number of rotatable bonds is 6. The maximum absolute atomic E-state index is 12.6. The van der Waals surface area contributed by atoms with Crippen molar-refractivity contribution in [2.45, 2.75) is 38.5 Å². The molecule has 0 fully saturated rings. The number of ether oxygens (including phenoxy) is 1. The zero-order valence-corrected chi connectivity index (χ0v) is 16.9. The van der Waals surface area contributed by atoms with Crippen LogP contribution in [0.2, 0.25) is 0 Å². The van der Waals surface area contributed by atoms with Crippen molar-refractivity contribution in [2.75, 3.05) is 12.4 Å². The van der Waals surface area contributed by atoms with E-state index in [1.54, 1.807) is 6.07 Å². The van der Waals surface area contributed by atoms with E-state index in [4.69, 9.17) is 9.84 Å². The van der Waals surface area contributed by atoms with Crippen molar-refractivity contribution < 1.29 is 24.2 Å². The molecule has 8 nitrogen and oxygen atoms in total. The minimum Gasteiger partial charge on any atom is -0.489 e. The molecular weight excluding hydrogens is 386 g/mol. The Morgan fingerprint density at radius 1 is 1.27 bits per heavy atom. The van der Waals surface area contributed by atoms with Crippen LogP contribution >= 0.6 is 0 Å². The molecule has 2 aromatic rings. The molecule has 0 saturated carbocycles. The van der Waals surface area contributed by atoms with E-state index in [-0.39, 0.29) is 5.91 Å². The van der Waals surface area contributed by atoms with Gasteiger partial charge in [0.25, 0.3) is 0 Å². The lowest BCUT2D eigenvalue weighted by Crippen LogP contribution is -2.51. The normalized spacial score (nSPS) is 16.5. The zero-order valence-electron chi connectivity index (χ0n) is 16.9. The average molecular weight is 411 g/mol. The topological polar surface area (TPSA) is 108 Å². The van der Waals surface area contributed by atoms with Gasteiger partial charge < -0.3 is 20.5 Å². The van der Waals surface area contributed by atoms with E-state index < -0.39 is 24.1 Å². The minimum atomic E-state index is -1.21. The molecule has 0 unspecified atom stereocenters. The summed E-state index contributed by atoms with van der Waals surface area (Å²) in [4.78, 5) is 36.9. The molecule has 30 heavy (non-hydrogen) atoms. The molecule has 3 rings (SSSR count). The van der Waals surface area contributed by atoms with E-state index in [0.717, 1.165) is 16.0 Å². The predicted octanol–water partition coefficient (Wildman–Crippen LogP) is 2.63. The van der Waals surface area contributed by atoms with Crippen molar-refractivity contribution in [1.82, 2.24) is 10.2 Å². The fourth-order valence-corrected chi connectivity index (χ4v) is 3.14. The van der Waals surface area contributed by atoms with Gasteiger partial charge in [-0.05, 0) is 37.0 Å². The van der Waals surface area contributed by atoms with Crippen molar-refractivity contribution in [3.63, 3.8) is 0 Å². The molecule has 2 aromatic carbocycles. The molecule has 8 heteroatoms. The second-order valence-electron chi connectivity index (χ2n) is 7.25. The van der Waals surface area contributed by atoms with Crippen LogP contribution in [-0.4, -0.2) is 47.0 Å². The van der Waals surface area contributed by atoms with Crippen molar-refractivity contribution in [3.05, 3.63) is 59.7 Å². The smallest absolute Gasteiger partial charge is 0.407 e. The first-order valence-corrected chi connectivity index (χ1v) is 9.72. The van der Waals surface area contributed by atoms with Crippen LogP contribution in [0.1, 0.15) is 24.5 Å². The molecule has 0 saturated heterocycles. The summed E-state index contributed by atoms with van der Waals surface area (Å²) in [7, 11) is 1.31. The van der Waals surface area contributed by atoms with Gasteiger partial charge in [0.1, 0.15) is 24.4 Å². The number of likely N-dealkylation sites (N-methyl/N-ethyl adjacent to an activating group) is 1. The van der Waals surface area contributed by atoms with E-state index in [1.807, 2.05) is 42.5 Å². The van der Waals surface area contributed by atoms with Crippen LogP contribution < -0.4 is 15.4 Å². The second kappa shape index (κ2) is 9.30. The largest absolute Gasteiger partial charge is 0.489 e. The standard InChI is InChI=1S/C22H25N3O5/c1-14(25(2)22(28)29)20(26)23-18-11-9-16-8-10-17(12-19(16)24-21(18)27)30-13-15-6-4-3-5-7-15/h3-8,10,12,14,18H,9,11,13H2,1-2H3,(H,23,26)(H,24,27)(H,28,29)/t14-,18-/m0/s1. The average Bonchev–Trinajstić information content (AvgIpc) is 2.89. The number of carboxylic acid groups (broad SMARTS) is 1. The molecule has 0 bridgehead atoms. The van der Waals surface area contributed by atoms with E-state index in [2.05, 4.69) is 10.6 Å². The summed E-state index contributed by atoms with van der Waals surface area (Å²) in [6.45, 7) is 1.89. The van der Waals surface area contributed by atoms with Gasteiger partial charge in [-0.2, -0.15) is 0 Å². The van der Waals surface area contributed by atoms with Crippen molar-refractivity contribution >= 4 is 23.6 Å². The first-order valence-electron chi connectivity index (χ1n) is 9.72. The Bertz CT molecular complexity index is 932. The van der Waals surface area contributed by atoms with Crippen molar-refractivity contribution in [3.8, 4) is 5.75 Å². The fraction of sp³-hybridized carbons (Fsp3) is 0.318. The number of fused-ring (bicyclic) bond motifs is 1. The number of benzene rings is 2. The molecule has 3 N–H and O–H groups in total. The number of carbonyl (C=O) groups excluding carboxylic acids is 2. The van der Waals surface area contributed by atoms with E-state index in [0.29, 0.717) is 30.9 Å². The predicted molar refractivity (Wildman–Crippen MR) is 111 cm³/mol. The summed E-state index contributed by atoms with van der Waals surface area (Å²) < 4.78 is 5.82. The van der Waals surface area contributed by atoms with Gasteiger partial charge in [0.15, 0.2) is 0 Å². The maximum Gasteiger partial charge on any atom is 0.407 e. The Morgan fingerprint density at radius 3 is 2.70 bits per heavy atom. The summed E-state index contributed by atoms with van der Waals surface area (Å²) in [5, 5.41) is 14.5. The van der Waals surface area contributed by atoms with Crippen molar-refractivity contribution in [1.29, 1.82) is 0 Å². The van der Waals surface area contributed by atoms with Gasteiger partial charge in [0, 0.05) is 18.8 Å². The first kappa shape index (κ1) is 21.2. The molecule has 0 radical (unpaired) electrons. The Hall–Kier alpha value is -3.55. The van der Waals surface area contributed by atoms with Crippen LogP contribution in [-0.2, 0) is 22.6 Å². The molecule has 1 aliphatic rings. The van der Waals surface area contributed by atoms with Gasteiger partial charge in [-0.3, -0.25) is 14.5 Å². The molecule has 0 spiro atoms. The number of carbonyl (C=O) groups is 3. The van der Waals surface area contributed by atoms with E-state index in [9.17, 15) is 14.4 Å². The quantitative estimate of drug-likeness (QED) is 0.677. The van der Waals surface area contributed by atoms with Gasteiger partial charge in [-0.1, -0.05) is 36.4 Å². The summed E-state index contributed by atoms with van der Waals surface area (Å²) in [6, 6.07) is 13.7. The van der Waals surface area contributed by atoms with Crippen LogP contribution in [0.5, 0.6) is 5.75 Å². The third-order valence-electron chi connectivity index (χ3n) is 5.18.